The number of nitrogens with two attached hydrogens (primary N) is 1. The number of hydrogen-bond donors (Lipinski definition) is 2. The van der Waals surface area contributed by atoms with Gasteiger partial charge in [0.05, 0.1) is 12.2 Å². The second-order valence-electron chi connectivity index (χ2n) is 3.80. The second kappa shape index (κ2) is 3.98. The summed E-state index contributed by atoms with van der Waals surface area (Å²) in [5.41, 5.74) is 7.94. The van der Waals surface area contributed by atoms with Gasteiger partial charge in [-0.15, -0.1) is 0 Å². The smallest absolute Gasteiger partial charge is 0.312 e. The van der Waals surface area contributed by atoms with Crippen molar-refractivity contribution in [1.29, 1.82) is 0 Å². The summed E-state index contributed by atoms with van der Waals surface area (Å²) < 4.78 is 5.30. The molecule has 3 N–H and O–H groups in total. The van der Waals surface area contributed by atoms with Crippen molar-refractivity contribution in [3.05, 3.63) is 35.6 Å². The summed E-state index contributed by atoms with van der Waals surface area (Å²) in [7, 11) is 0. The first-order valence-corrected chi connectivity index (χ1v) is 5.04. The molecule has 1 atom stereocenters. The molecule has 1 heterocycles. The summed E-state index contributed by atoms with van der Waals surface area (Å²) in [6, 6.07) is 5.36. The fourth-order valence-corrected chi connectivity index (χ4v) is 1.77. The summed E-state index contributed by atoms with van der Waals surface area (Å²) >= 11 is 0. The van der Waals surface area contributed by atoms with Gasteiger partial charge in [0.15, 0.2) is 0 Å². The zero-order valence-corrected chi connectivity index (χ0v) is 8.93. The van der Waals surface area contributed by atoms with Gasteiger partial charge in [-0.3, -0.25) is 4.79 Å². The molecule has 2 aromatic rings. The predicted molar refractivity (Wildman–Crippen MR) is 60.4 cm³/mol. The molecular formula is C12H13NO3. The first kappa shape index (κ1) is 10.7. The minimum Gasteiger partial charge on any atom is -0.481 e. The number of aliphatic carboxylic acids is 1. The quantitative estimate of drug-likeness (QED) is 0.826. The molecule has 0 saturated carbocycles. The average molecular weight is 219 g/mol. The van der Waals surface area contributed by atoms with E-state index in [1.54, 1.807) is 18.4 Å². The van der Waals surface area contributed by atoms with Crippen LogP contribution in [0.2, 0.25) is 0 Å². The van der Waals surface area contributed by atoms with Gasteiger partial charge >= 0.3 is 5.97 Å². The lowest BCUT2D eigenvalue weighted by atomic mass is 9.97. The molecule has 0 saturated heterocycles. The number of hydrogen-bond acceptors (Lipinski definition) is 3. The van der Waals surface area contributed by atoms with E-state index in [1.165, 1.54) is 0 Å². The van der Waals surface area contributed by atoms with Crippen LogP contribution >= 0.6 is 0 Å². The van der Waals surface area contributed by atoms with Crippen LogP contribution in [0.5, 0.6) is 0 Å². The topological polar surface area (TPSA) is 76.5 Å². The van der Waals surface area contributed by atoms with Crippen molar-refractivity contribution in [2.75, 3.05) is 6.54 Å². The minimum absolute atomic E-state index is 0.0950. The molecule has 1 aromatic carbocycles. The van der Waals surface area contributed by atoms with Crippen LogP contribution in [0, 0.1) is 6.92 Å². The Morgan fingerprint density at radius 2 is 2.31 bits per heavy atom. The van der Waals surface area contributed by atoms with E-state index in [0.717, 1.165) is 16.5 Å². The molecule has 0 aliphatic rings. The van der Waals surface area contributed by atoms with Crippen LogP contribution < -0.4 is 5.73 Å². The summed E-state index contributed by atoms with van der Waals surface area (Å²) in [6.45, 7) is 2.02. The molecule has 0 fully saturated rings. The maximum Gasteiger partial charge on any atom is 0.312 e. The number of aryl methyl sites for hydroxylation is 1. The standard InChI is InChI=1S/C12H13NO3/c1-7-6-16-11-3-2-8(4-9(7)11)10(5-13)12(14)15/h2-4,6,10H,5,13H2,1H3,(H,14,15). The second-order valence-corrected chi connectivity index (χ2v) is 3.80. The van der Waals surface area contributed by atoms with Gasteiger partial charge in [0.1, 0.15) is 5.58 Å². The van der Waals surface area contributed by atoms with Gasteiger partial charge in [-0.1, -0.05) is 6.07 Å². The van der Waals surface area contributed by atoms with Gasteiger partial charge in [-0.2, -0.15) is 0 Å². The summed E-state index contributed by atoms with van der Waals surface area (Å²) in [6.07, 6.45) is 1.66. The fraction of sp³-hybridized carbons (Fsp3) is 0.250. The van der Waals surface area contributed by atoms with Gasteiger partial charge < -0.3 is 15.3 Å². The third kappa shape index (κ3) is 1.67. The van der Waals surface area contributed by atoms with Crippen LogP contribution in [0.4, 0.5) is 0 Å². The van der Waals surface area contributed by atoms with Gasteiger partial charge in [-0.25, -0.2) is 0 Å². The van der Waals surface area contributed by atoms with E-state index in [-0.39, 0.29) is 6.54 Å². The highest BCUT2D eigenvalue weighted by Crippen LogP contribution is 2.25. The van der Waals surface area contributed by atoms with E-state index in [9.17, 15) is 4.79 Å². The van der Waals surface area contributed by atoms with Crippen molar-refractivity contribution in [2.24, 2.45) is 5.73 Å². The van der Waals surface area contributed by atoms with Crippen LogP contribution in [-0.4, -0.2) is 17.6 Å². The fourth-order valence-electron chi connectivity index (χ4n) is 1.77. The van der Waals surface area contributed by atoms with Crippen molar-refractivity contribution in [1.82, 2.24) is 0 Å². The Bertz CT molecular complexity index is 530. The molecule has 4 nitrogen and oxygen atoms in total. The number of fused-ring (bicyclic) bond motifs is 1. The van der Waals surface area contributed by atoms with Crippen molar-refractivity contribution in [3.8, 4) is 0 Å². The lowest BCUT2D eigenvalue weighted by Gasteiger charge is -2.09. The van der Waals surface area contributed by atoms with Crippen molar-refractivity contribution in [3.63, 3.8) is 0 Å². The van der Waals surface area contributed by atoms with E-state index in [4.69, 9.17) is 15.3 Å². The Kier molecular flexibility index (Phi) is 2.66. The Balaban J connectivity index is 2.52. The monoisotopic (exact) mass is 219 g/mol. The molecule has 4 heteroatoms. The number of benzene rings is 1. The van der Waals surface area contributed by atoms with Crippen molar-refractivity contribution >= 4 is 16.9 Å². The van der Waals surface area contributed by atoms with Crippen LogP contribution in [0.15, 0.2) is 28.9 Å². The maximum atomic E-state index is 11.0. The highest BCUT2D eigenvalue weighted by atomic mass is 16.4. The molecule has 2 rings (SSSR count). The molecule has 0 aliphatic carbocycles. The third-order valence-corrected chi connectivity index (χ3v) is 2.73. The van der Waals surface area contributed by atoms with Crippen LogP contribution in [0.25, 0.3) is 11.0 Å². The molecule has 0 bridgehead atoms. The van der Waals surface area contributed by atoms with Crippen molar-refractivity contribution in [2.45, 2.75) is 12.8 Å². The van der Waals surface area contributed by atoms with Gasteiger partial charge in [-0.05, 0) is 30.2 Å². The highest BCUT2D eigenvalue weighted by molar-refractivity contribution is 5.84. The Morgan fingerprint density at radius 3 is 2.94 bits per heavy atom. The molecular weight excluding hydrogens is 206 g/mol. The zero-order chi connectivity index (χ0) is 11.7. The zero-order valence-electron chi connectivity index (χ0n) is 8.93. The predicted octanol–water partition coefficient (Wildman–Crippen LogP) is 1.87. The molecule has 0 spiro atoms. The normalized spacial score (nSPS) is 12.9. The van der Waals surface area contributed by atoms with E-state index in [2.05, 4.69) is 0 Å². The van der Waals surface area contributed by atoms with Gasteiger partial charge in [0.2, 0.25) is 0 Å². The van der Waals surface area contributed by atoms with Gasteiger partial charge in [0, 0.05) is 11.9 Å². The summed E-state index contributed by atoms with van der Waals surface area (Å²) in [4.78, 5) is 11.0. The molecule has 0 amide bonds. The maximum absolute atomic E-state index is 11.0. The lowest BCUT2D eigenvalue weighted by Crippen LogP contribution is -2.20. The Morgan fingerprint density at radius 1 is 1.56 bits per heavy atom. The number of carbonyl (C=O) groups is 1. The van der Waals surface area contributed by atoms with Gasteiger partial charge in [0.25, 0.3) is 0 Å². The van der Waals surface area contributed by atoms with Crippen LogP contribution in [-0.2, 0) is 4.79 Å². The molecule has 84 valence electrons. The molecule has 1 aromatic heterocycles. The molecule has 16 heavy (non-hydrogen) atoms. The summed E-state index contributed by atoms with van der Waals surface area (Å²) in [5, 5.41) is 9.96. The highest BCUT2D eigenvalue weighted by Gasteiger charge is 2.18. The van der Waals surface area contributed by atoms with E-state index < -0.39 is 11.9 Å². The van der Waals surface area contributed by atoms with E-state index in [0.29, 0.717) is 5.56 Å². The summed E-state index contributed by atoms with van der Waals surface area (Å²) in [5.74, 6) is -1.55. The van der Waals surface area contributed by atoms with E-state index >= 15 is 0 Å². The number of carboxylic acid groups (broad SMARTS) is 1. The number of carboxylic acids is 1. The number of furan rings is 1. The van der Waals surface area contributed by atoms with E-state index in [1.807, 2.05) is 13.0 Å². The largest absolute Gasteiger partial charge is 0.481 e. The Hall–Kier alpha value is -1.81. The molecule has 0 aliphatic heterocycles. The lowest BCUT2D eigenvalue weighted by molar-refractivity contribution is -0.138. The first-order valence-electron chi connectivity index (χ1n) is 5.04. The average Bonchev–Trinajstić information content (AvgIpc) is 2.61. The minimum atomic E-state index is -0.900. The van der Waals surface area contributed by atoms with Crippen LogP contribution in [0.3, 0.4) is 0 Å². The SMILES string of the molecule is Cc1coc2ccc(C(CN)C(=O)O)cc12. The third-order valence-electron chi connectivity index (χ3n) is 2.73. The van der Waals surface area contributed by atoms with Crippen LogP contribution in [0.1, 0.15) is 17.0 Å². The molecule has 1 unspecified atom stereocenters. The number of rotatable bonds is 3. The van der Waals surface area contributed by atoms with Crippen molar-refractivity contribution < 1.29 is 14.3 Å². The first-order chi connectivity index (χ1) is 7.63. The molecule has 0 radical (unpaired) electrons. The Labute approximate surface area is 92.7 Å².